The minimum Gasteiger partial charge on any atom is -0.365 e. The zero-order chi connectivity index (χ0) is 21.8. The average molecular weight is 460 g/mol. The van der Waals surface area contributed by atoms with E-state index in [9.17, 15) is 13.2 Å². The molecule has 2 aliphatic heterocycles. The van der Waals surface area contributed by atoms with Crippen LogP contribution in [0.4, 0.5) is 5.69 Å². The molecule has 2 fully saturated rings. The number of anilines is 1. The van der Waals surface area contributed by atoms with E-state index in [-0.39, 0.29) is 23.5 Å². The molecule has 1 aromatic carbocycles. The van der Waals surface area contributed by atoms with Gasteiger partial charge in [0.2, 0.25) is 0 Å². The van der Waals surface area contributed by atoms with Gasteiger partial charge >= 0.3 is 0 Å². The molecule has 31 heavy (non-hydrogen) atoms. The fraction of sp³-hybridized carbons (Fsp3) is 0.476. The molecule has 164 valence electrons. The van der Waals surface area contributed by atoms with E-state index in [2.05, 4.69) is 15.0 Å². The molecule has 2 aromatic heterocycles. The quantitative estimate of drug-likeness (QED) is 0.598. The number of nitrogens with zero attached hydrogens (tertiary/aromatic N) is 5. The molecule has 1 atom stereocenters. The second kappa shape index (κ2) is 7.59. The Balaban J connectivity index is 1.30. The summed E-state index contributed by atoms with van der Waals surface area (Å²) in [5, 5.41) is 5.22. The van der Waals surface area contributed by atoms with E-state index in [1.807, 2.05) is 47.7 Å². The van der Waals surface area contributed by atoms with E-state index in [1.165, 1.54) is 11.3 Å². The van der Waals surface area contributed by atoms with Crippen LogP contribution in [0.5, 0.6) is 0 Å². The number of carbonyl (C=O) groups excluding carboxylic acids is 1. The van der Waals surface area contributed by atoms with Crippen LogP contribution < -0.4 is 4.90 Å². The Hall–Kier alpha value is -2.46. The van der Waals surface area contributed by atoms with Crippen molar-refractivity contribution in [2.24, 2.45) is 0 Å². The van der Waals surface area contributed by atoms with Gasteiger partial charge in [0.15, 0.2) is 14.8 Å². The Kier molecular flexibility index (Phi) is 5.01. The summed E-state index contributed by atoms with van der Waals surface area (Å²) in [6, 6.07) is 7.72. The minimum absolute atomic E-state index is 0.0128. The van der Waals surface area contributed by atoms with Crippen LogP contribution in [0.3, 0.4) is 0 Å². The highest BCUT2D eigenvalue weighted by molar-refractivity contribution is 7.91. The number of amides is 1. The summed E-state index contributed by atoms with van der Waals surface area (Å²) in [6.45, 7) is 6.66. The maximum atomic E-state index is 13.0. The zero-order valence-electron chi connectivity index (χ0n) is 17.6. The van der Waals surface area contributed by atoms with Crippen molar-refractivity contribution in [3.8, 4) is 0 Å². The Labute approximate surface area is 185 Å². The molecule has 0 N–H and O–H groups in total. The maximum Gasteiger partial charge on any atom is 0.282 e. The van der Waals surface area contributed by atoms with Gasteiger partial charge in [0.25, 0.3) is 5.91 Å². The van der Waals surface area contributed by atoms with Crippen molar-refractivity contribution in [3.63, 3.8) is 0 Å². The number of aryl methyl sites for hydroxylation is 1. The average Bonchev–Trinajstić information content (AvgIpc) is 3.42. The van der Waals surface area contributed by atoms with Crippen LogP contribution in [-0.4, -0.2) is 71.7 Å². The summed E-state index contributed by atoms with van der Waals surface area (Å²) in [7, 11) is -2.97. The number of benzene rings is 1. The first-order valence-electron chi connectivity index (χ1n) is 10.5. The second-order valence-electron chi connectivity index (χ2n) is 8.29. The topological polar surface area (TPSA) is 88.4 Å². The van der Waals surface area contributed by atoms with Crippen LogP contribution in [0.15, 0.2) is 24.3 Å². The van der Waals surface area contributed by atoms with Gasteiger partial charge in [0.1, 0.15) is 0 Å². The zero-order valence-corrected chi connectivity index (χ0v) is 19.2. The molecule has 0 bridgehead atoms. The highest BCUT2D eigenvalue weighted by atomic mass is 32.2. The SMILES string of the molecule is Cc1nn([C@H]2CCS(=O)(=O)C2)c(C)c1N1CCN(C(=O)c2nc3ccccc3s2)CC1. The number of hydrogen-bond acceptors (Lipinski definition) is 7. The van der Waals surface area contributed by atoms with Crippen LogP contribution in [0.2, 0.25) is 0 Å². The summed E-state index contributed by atoms with van der Waals surface area (Å²) < 4.78 is 26.7. The lowest BCUT2D eigenvalue weighted by Crippen LogP contribution is -2.49. The van der Waals surface area contributed by atoms with Gasteiger partial charge in [0, 0.05) is 26.2 Å². The van der Waals surface area contributed by atoms with E-state index < -0.39 is 9.84 Å². The highest BCUT2D eigenvalue weighted by Crippen LogP contribution is 2.32. The number of thiazole rings is 1. The second-order valence-corrected chi connectivity index (χ2v) is 11.5. The molecule has 10 heteroatoms. The standard InChI is InChI=1S/C21H25N5O3S2/c1-14-19(15(2)26(23-14)16-7-12-31(28,29)13-16)24-8-10-25(11-9-24)21(27)20-22-17-5-3-4-6-18(17)30-20/h3-6,16H,7-13H2,1-2H3/t16-/m0/s1. The van der Waals surface area contributed by atoms with E-state index in [0.717, 1.165) is 27.3 Å². The van der Waals surface area contributed by atoms with Crippen molar-refractivity contribution in [2.75, 3.05) is 42.6 Å². The molecule has 1 amide bonds. The van der Waals surface area contributed by atoms with E-state index >= 15 is 0 Å². The van der Waals surface area contributed by atoms with Crippen molar-refractivity contribution < 1.29 is 13.2 Å². The number of piperazine rings is 1. The maximum absolute atomic E-state index is 13.0. The fourth-order valence-electron chi connectivity index (χ4n) is 4.67. The number of rotatable bonds is 3. The van der Waals surface area contributed by atoms with Crippen LogP contribution in [-0.2, 0) is 9.84 Å². The van der Waals surface area contributed by atoms with Crippen molar-refractivity contribution in [2.45, 2.75) is 26.3 Å². The third kappa shape index (κ3) is 3.71. The lowest BCUT2D eigenvalue weighted by Gasteiger charge is -2.36. The summed E-state index contributed by atoms with van der Waals surface area (Å²) in [6.07, 6.45) is 0.619. The summed E-state index contributed by atoms with van der Waals surface area (Å²) in [5.74, 6) is 0.387. The largest absolute Gasteiger partial charge is 0.365 e. The van der Waals surface area contributed by atoms with Crippen molar-refractivity contribution in [3.05, 3.63) is 40.7 Å². The van der Waals surface area contributed by atoms with Gasteiger partial charge in [-0.25, -0.2) is 13.4 Å². The third-order valence-corrected chi connectivity index (χ3v) is 8.98. The normalized spacial score (nSPS) is 21.2. The van der Waals surface area contributed by atoms with E-state index in [0.29, 0.717) is 37.6 Å². The van der Waals surface area contributed by atoms with Crippen molar-refractivity contribution >= 4 is 43.0 Å². The van der Waals surface area contributed by atoms with Crippen molar-refractivity contribution in [1.82, 2.24) is 19.7 Å². The van der Waals surface area contributed by atoms with E-state index in [1.54, 1.807) is 0 Å². The monoisotopic (exact) mass is 459 g/mol. The third-order valence-electron chi connectivity index (χ3n) is 6.20. The lowest BCUT2D eigenvalue weighted by atomic mass is 10.2. The molecule has 0 spiro atoms. The van der Waals surface area contributed by atoms with Crippen molar-refractivity contribution in [1.29, 1.82) is 0 Å². The molecule has 0 aliphatic carbocycles. The highest BCUT2D eigenvalue weighted by Gasteiger charge is 2.33. The van der Waals surface area contributed by atoms with E-state index in [4.69, 9.17) is 0 Å². The molecule has 2 saturated heterocycles. The number of para-hydroxylation sites is 1. The van der Waals surface area contributed by atoms with Crippen LogP contribution in [0, 0.1) is 13.8 Å². The Morgan fingerprint density at radius 2 is 1.87 bits per heavy atom. The number of fused-ring (bicyclic) bond motifs is 1. The van der Waals surface area contributed by atoms with Gasteiger partial charge in [-0.05, 0) is 32.4 Å². The van der Waals surface area contributed by atoms with Gasteiger partial charge < -0.3 is 9.80 Å². The first-order valence-corrected chi connectivity index (χ1v) is 13.1. The Morgan fingerprint density at radius 1 is 1.13 bits per heavy atom. The van der Waals surface area contributed by atoms with Gasteiger partial charge in [-0.3, -0.25) is 9.48 Å². The fourth-order valence-corrected chi connectivity index (χ4v) is 7.29. The first kappa shape index (κ1) is 20.4. The number of sulfone groups is 1. The molecule has 4 heterocycles. The molecule has 8 nitrogen and oxygen atoms in total. The minimum atomic E-state index is -2.97. The smallest absolute Gasteiger partial charge is 0.282 e. The summed E-state index contributed by atoms with van der Waals surface area (Å²) in [4.78, 5) is 21.6. The van der Waals surface area contributed by atoms with Gasteiger partial charge in [-0.15, -0.1) is 11.3 Å². The Bertz CT molecular complexity index is 1220. The van der Waals surface area contributed by atoms with Crippen LogP contribution in [0.1, 0.15) is 33.7 Å². The summed E-state index contributed by atoms with van der Waals surface area (Å²) >= 11 is 1.44. The molecule has 5 rings (SSSR count). The number of aromatic nitrogens is 3. The Morgan fingerprint density at radius 3 is 2.55 bits per heavy atom. The summed E-state index contributed by atoms with van der Waals surface area (Å²) in [5.41, 5.74) is 3.84. The lowest BCUT2D eigenvalue weighted by molar-refractivity contribution is 0.0746. The van der Waals surface area contributed by atoms with Gasteiger partial charge in [-0.1, -0.05) is 12.1 Å². The van der Waals surface area contributed by atoms with Gasteiger partial charge in [0.05, 0.1) is 44.8 Å². The predicted octanol–water partition coefficient (Wildman–Crippen LogP) is 2.43. The molecular weight excluding hydrogens is 434 g/mol. The number of hydrogen-bond donors (Lipinski definition) is 0. The van der Waals surface area contributed by atoms with Crippen LogP contribution >= 0.6 is 11.3 Å². The molecule has 0 radical (unpaired) electrons. The molecule has 3 aromatic rings. The molecular formula is C21H25N5O3S2. The number of carbonyl (C=O) groups is 1. The van der Waals surface area contributed by atoms with Crippen LogP contribution in [0.25, 0.3) is 10.2 Å². The molecule has 0 unspecified atom stereocenters. The van der Waals surface area contributed by atoms with Gasteiger partial charge in [-0.2, -0.15) is 5.10 Å². The predicted molar refractivity (Wildman–Crippen MR) is 122 cm³/mol. The molecule has 2 aliphatic rings. The molecule has 0 saturated carbocycles. The first-order chi connectivity index (χ1) is 14.8.